The second kappa shape index (κ2) is 7.87. The maximum absolute atomic E-state index is 12.4. The number of nitrogens with zero attached hydrogens (tertiary/aromatic N) is 1. The zero-order valence-corrected chi connectivity index (χ0v) is 15.7. The molecular weight excluding hydrogens is 326 g/mol. The van der Waals surface area contributed by atoms with Crippen LogP contribution in [0, 0.1) is 0 Å². The van der Waals surface area contributed by atoms with Gasteiger partial charge in [-0.1, -0.05) is 19.3 Å². The Morgan fingerprint density at radius 1 is 0.962 bits per heavy atom. The van der Waals surface area contributed by atoms with Crippen molar-refractivity contribution in [3.63, 3.8) is 0 Å². The lowest BCUT2D eigenvalue weighted by Crippen LogP contribution is -2.59. The van der Waals surface area contributed by atoms with Gasteiger partial charge in [0.2, 0.25) is 0 Å². The van der Waals surface area contributed by atoms with Crippen molar-refractivity contribution in [3.8, 4) is 5.75 Å². The van der Waals surface area contributed by atoms with Crippen molar-refractivity contribution in [3.05, 3.63) is 24.3 Å². The lowest BCUT2D eigenvalue weighted by Gasteiger charge is -2.51. The number of nitrogens with one attached hydrogen (secondary N) is 2. The molecule has 5 nitrogen and oxygen atoms in total. The Morgan fingerprint density at radius 2 is 1.58 bits per heavy atom. The molecule has 142 valence electrons. The van der Waals surface area contributed by atoms with E-state index in [2.05, 4.69) is 15.5 Å². The molecule has 0 aromatic heterocycles. The van der Waals surface area contributed by atoms with Crippen LogP contribution in [0.2, 0.25) is 0 Å². The van der Waals surface area contributed by atoms with Crippen molar-refractivity contribution in [2.75, 3.05) is 12.4 Å². The molecule has 0 spiro atoms. The van der Waals surface area contributed by atoms with Crippen LogP contribution in [-0.4, -0.2) is 42.2 Å². The van der Waals surface area contributed by atoms with E-state index in [1.54, 1.807) is 7.11 Å². The highest BCUT2D eigenvalue weighted by atomic mass is 16.5. The van der Waals surface area contributed by atoms with Crippen LogP contribution in [0.15, 0.2) is 24.3 Å². The van der Waals surface area contributed by atoms with Crippen LogP contribution < -0.4 is 15.4 Å². The third-order valence-corrected chi connectivity index (χ3v) is 6.46. The molecule has 2 heterocycles. The number of methoxy groups -OCH3 is 1. The summed E-state index contributed by atoms with van der Waals surface area (Å²) in [5.41, 5.74) is 0.798. The molecule has 26 heavy (non-hydrogen) atoms. The van der Waals surface area contributed by atoms with E-state index in [1.165, 1.54) is 44.9 Å². The van der Waals surface area contributed by atoms with Crippen molar-refractivity contribution >= 4 is 11.7 Å². The van der Waals surface area contributed by atoms with Crippen LogP contribution in [0.5, 0.6) is 5.75 Å². The number of amides is 2. The molecule has 1 aliphatic carbocycles. The number of carbonyl (C=O) groups is 1. The van der Waals surface area contributed by atoms with Gasteiger partial charge in [-0.25, -0.2) is 4.79 Å². The van der Waals surface area contributed by atoms with E-state index in [4.69, 9.17) is 4.74 Å². The average Bonchev–Trinajstić information content (AvgIpc) is 3.16. The summed E-state index contributed by atoms with van der Waals surface area (Å²) >= 11 is 0. The van der Waals surface area contributed by atoms with Crippen molar-refractivity contribution in [2.45, 2.75) is 82.0 Å². The first-order valence-electron chi connectivity index (χ1n) is 10.2. The summed E-state index contributed by atoms with van der Waals surface area (Å²) in [6.07, 6.45) is 11.7. The molecule has 2 atom stereocenters. The summed E-state index contributed by atoms with van der Waals surface area (Å²) in [6, 6.07) is 9.80. The highest BCUT2D eigenvalue weighted by Crippen LogP contribution is 2.39. The first-order valence-corrected chi connectivity index (χ1v) is 10.2. The maximum Gasteiger partial charge on any atom is 0.319 e. The van der Waals surface area contributed by atoms with Gasteiger partial charge in [-0.3, -0.25) is 4.90 Å². The number of piperidine rings is 2. The van der Waals surface area contributed by atoms with Crippen molar-refractivity contribution < 1.29 is 9.53 Å². The minimum Gasteiger partial charge on any atom is -0.497 e. The van der Waals surface area contributed by atoms with E-state index in [1.807, 2.05) is 24.3 Å². The van der Waals surface area contributed by atoms with Crippen LogP contribution in [0.25, 0.3) is 0 Å². The van der Waals surface area contributed by atoms with Crippen LogP contribution in [0.3, 0.4) is 0 Å². The highest BCUT2D eigenvalue weighted by Gasteiger charge is 2.42. The smallest absolute Gasteiger partial charge is 0.319 e. The molecule has 4 rings (SSSR count). The van der Waals surface area contributed by atoms with Gasteiger partial charge in [0.1, 0.15) is 5.75 Å². The zero-order chi connectivity index (χ0) is 17.9. The summed E-state index contributed by atoms with van der Waals surface area (Å²) in [5, 5.41) is 6.18. The monoisotopic (exact) mass is 357 g/mol. The van der Waals surface area contributed by atoms with E-state index in [0.717, 1.165) is 30.3 Å². The fourth-order valence-electron chi connectivity index (χ4n) is 5.36. The van der Waals surface area contributed by atoms with E-state index in [9.17, 15) is 4.79 Å². The third-order valence-electron chi connectivity index (χ3n) is 6.46. The fourth-order valence-corrected chi connectivity index (χ4v) is 5.36. The normalized spacial score (nSPS) is 29.3. The molecular formula is C21H31N3O2. The number of fused-ring (bicyclic) bond motifs is 2. The van der Waals surface area contributed by atoms with Crippen LogP contribution in [0.4, 0.5) is 10.5 Å². The first kappa shape index (κ1) is 17.7. The number of urea groups is 1. The Bertz CT molecular complexity index is 598. The Hall–Kier alpha value is -1.75. The van der Waals surface area contributed by atoms with E-state index in [0.29, 0.717) is 18.1 Å². The molecule has 2 unspecified atom stereocenters. The van der Waals surface area contributed by atoms with Gasteiger partial charge in [-0.15, -0.1) is 0 Å². The van der Waals surface area contributed by atoms with Gasteiger partial charge in [-0.05, 0) is 62.8 Å². The molecule has 1 saturated carbocycles. The molecule has 2 amide bonds. The molecule has 1 aromatic carbocycles. The van der Waals surface area contributed by atoms with Crippen molar-refractivity contribution in [1.29, 1.82) is 0 Å². The van der Waals surface area contributed by atoms with Gasteiger partial charge in [0.05, 0.1) is 7.11 Å². The van der Waals surface area contributed by atoms with Crippen LogP contribution in [0.1, 0.15) is 57.8 Å². The van der Waals surface area contributed by atoms with Gasteiger partial charge in [0.25, 0.3) is 0 Å². The molecule has 2 saturated heterocycles. The summed E-state index contributed by atoms with van der Waals surface area (Å²) in [4.78, 5) is 15.3. The van der Waals surface area contributed by atoms with Gasteiger partial charge in [0, 0.05) is 29.9 Å². The van der Waals surface area contributed by atoms with Crippen molar-refractivity contribution in [2.24, 2.45) is 0 Å². The summed E-state index contributed by atoms with van der Waals surface area (Å²) in [5.74, 6) is 0.795. The molecule has 5 heteroatoms. The van der Waals surface area contributed by atoms with E-state index >= 15 is 0 Å². The molecule has 0 radical (unpaired) electrons. The molecule has 3 fully saturated rings. The minimum atomic E-state index is -0.0902. The first-order chi connectivity index (χ1) is 12.7. The number of benzene rings is 1. The molecule has 2 bridgehead atoms. The number of hydrogen-bond donors (Lipinski definition) is 2. The summed E-state index contributed by atoms with van der Waals surface area (Å²) < 4.78 is 5.16. The second-order valence-electron chi connectivity index (χ2n) is 8.12. The molecule has 2 N–H and O–H groups in total. The van der Waals surface area contributed by atoms with E-state index in [-0.39, 0.29) is 6.03 Å². The van der Waals surface area contributed by atoms with Crippen LogP contribution >= 0.6 is 0 Å². The lowest BCUT2D eigenvalue weighted by molar-refractivity contribution is -0.00680. The van der Waals surface area contributed by atoms with Gasteiger partial charge in [-0.2, -0.15) is 0 Å². The third kappa shape index (κ3) is 3.83. The second-order valence-corrected chi connectivity index (χ2v) is 8.12. The average molecular weight is 357 g/mol. The number of anilines is 1. The SMILES string of the molecule is COc1ccc(NC(=O)NC2CC3CCCC(C2)N3C2CCCC2)cc1. The Balaban J connectivity index is 1.33. The lowest BCUT2D eigenvalue weighted by atomic mass is 9.80. The predicted octanol–water partition coefficient (Wildman–Crippen LogP) is 4.14. The minimum absolute atomic E-state index is 0.0902. The largest absolute Gasteiger partial charge is 0.497 e. The number of rotatable bonds is 4. The summed E-state index contributed by atoms with van der Waals surface area (Å²) in [7, 11) is 1.64. The Morgan fingerprint density at radius 3 is 2.19 bits per heavy atom. The molecule has 3 aliphatic rings. The van der Waals surface area contributed by atoms with Gasteiger partial charge in [0.15, 0.2) is 0 Å². The maximum atomic E-state index is 12.4. The topological polar surface area (TPSA) is 53.6 Å². The molecule has 2 aliphatic heterocycles. The number of ether oxygens (including phenoxy) is 1. The standard InChI is InChI=1S/C21H31N3O2/c1-26-20-11-9-15(10-12-20)22-21(25)23-16-13-18-7-4-8-19(14-16)24(18)17-5-2-3-6-17/h9-12,16-19H,2-8,13-14H2,1H3,(H2,22,23,25). The number of carbonyl (C=O) groups excluding carboxylic acids is 1. The zero-order valence-electron chi connectivity index (χ0n) is 15.7. The summed E-state index contributed by atoms with van der Waals surface area (Å²) in [6.45, 7) is 0. The van der Waals surface area contributed by atoms with Gasteiger partial charge >= 0.3 is 6.03 Å². The Labute approximate surface area is 156 Å². The quantitative estimate of drug-likeness (QED) is 0.851. The van der Waals surface area contributed by atoms with Gasteiger partial charge < -0.3 is 15.4 Å². The Kier molecular flexibility index (Phi) is 5.34. The highest BCUT2D eigenvalue weighted by molar-refractivity contribution is 5.89. The van der Waals surface area contributed by atoms with Crippen molar-refractivity contribution in [1.82, 2.24) is 10.2 Å². The predicted molar refractivity (Wildman–Crippen MR) is 104 cm³/mol. The molecule has 1 aromatic rings. The van der Waals surface area contributed by atoms with Crippen LogP contribution in [-0.2, 0) is 0 Å². The number of hydrogen-bond acceptors (Lipinski definition) is 3. The van der Waals surface area contributed by atoms with E-state index < -0.39 is 0 Å². The fraction of sp³-hybridized carbons (Fsp3) is 0.667.